The van der Waals surface area contributed by atoms with Gasteiger partial charge in [0, 0.05) is 18.7 Å². The van der Waals surface area contributed by atoms with Gasteiger partial charge < -0.3 is 9.53 Å². The SMILES string of the molecule is CC(C=O)N(CCc1cccc(Br)n1)C(=O)OC(C)(C)C. The Balaban J connectivity index is 2.75. The number of aromatic nitrogens is 1. The number of halogens is 1. The summed E-state index contributed by atoms with van der Waals surface area (Å²) in [7, 11) is 0. The number of pyridine rings is 1. The molecule has 6 heteroatoms. The smallest absolute Gasteiger partial charge is 0.410 e. The molecule has 0 N–H and O–H groups in total. The molecule has 0 aliphatic rings. The highest BCUT2D eigenvalue weighted by Gasteiger charge is 2.25. The summed E-state index contributed by atoms with van der Waals surface area (Å²) in [5, 5.41) is 0. The molecule has 0 aromatic carbocycles. The van der Waals surface area contributed by atoms with Gasteiger partial charge in [0.15, 0.2) is 0 Å². The lowest BCUT2D eigenvalue weighted by Crippen LogP contribution is -2.44. The minimum Gasteiger partial charge on any atom is -0.444 e. The van der Waals surface area contributed by atoms with E-state index in [1.165, 1.54) is 4.90 Å². The summed E-state index contributed by atoms with van der Waals surface area (Å²) in [4.78, 5) is 28.9. The molecule has 21 heavy (non-hydrogen) atoms. The summed E-state index contributed by atoms with van der Waals surface area (Å²) in [6.45, 7) is 7.43. The predicted octanol–water partition coefficient (Wildman–Crippen LogP) is 3.21. The Morgan fingerprint density at radius 3 is 2.67 bits per heavy atom. The maximum Gasteiger partial charge on any atom is 0.410 e. The Morgan fingerprint density at radius 1 is 1.48 bits per heavy atom. The normalized spacial score (nSPS) is 12.6. The molecule has 0 spiro atoms. The molecule has 1 aromatic heterocycles. The number of hydrogen-bond donors (Lipinski definition) is 0. The number of nitrogens with zero attached hydrogens (tertiary/aromatic N) is 2. The van der Waals surface area contributed by atoms with Crippen molar-refractivity contribution < 1.29 is 14.3 Å². The Hall–Kier alpha value is -1.43. The molecule has 1 rings (SSSR count). The first-order valence-corrected chi connectivity index (χ1v) is 7.58. The van der Waals surface area contributed by atoms with Gasteiger partial charge in [-0.3, -0.25) is 4.90 Å². The maximum atomic E-state index is 12.2. The van der Waals surface area contributed by atoms with Gasteiger partial charge in [-0.1, -0.05) is 6.07 Å². The van der Waals surface area contributed by atoms with E-state index in [-0.39, 0.29) is 0 Å². The maximum absolute atomic E-state index is 12.2. The molecular weight excluding hydrogens is 336 g/mol. The summed E-state index contributed by atoms with van der Waals surface area (Å²) < 4.78 is 6.08. The van der Waals surface area contributed by atoms with Gasteiger partial charge >= 0.3 is 6.09 Å². The van der Waals surface area contributed by atoms with Crippen LogP contribution in [0.5, 0.6) is 0 Å². The zero-order valence-electron chi connectivity index (χ0n) is 12.8. The van der Waals surface area contributed by atoms with Crippen molar-refractivity contribution >= 4 is 28.3 Å². The first kappa shape index (κ1) is 17.6. The molecule has 1 unspecified atom stereocenters. The van der Waals surface area contributed by atoms with E-state index >= 15 is 0 Å². The van der Waals surface area contributed by atoms with Crippen LogP contribution in [0.4, 0.5) is 4.79 Å². The van der Waals surface area contributed by atoms with E-state index in [4.69, 9.17) is 4.74 Å². The average Bonchev–Trinajstić information content (AvgIpc) is 2.36. The molecule has 1 heterocycles. The van der Waals surface area contributed by atoms with Gasteiger partial charge in [-0.15, -0.1) is 0 Å². The molecule has 5 nitrogen and oxygen atoms in total. The monoisotopic (exact) mass is 356 g/mol. The van der Waals surface area contributed by atoms with E-state index < -0.39 is 17.7 Å². The zero-order valence-corrected chi connectivity index (χ0v) is 14.4. The number of carbonyl (C=O) groups is 2. The van der Waals surface area contributed by atoms with Crippen molar-refractivity contribution in [1.29, 1.82) is 0 Å². The topological polar surface area (TPSA) is 59.5 Å². The molecule has 0 aliphatic heterocycles. The van der Waals surface area contributed by atoms with Crippen molar-refractivity contribution in [3.8, 4) is 0 Å². The van der Waals surface area contributed by atoms with Crippen LogP contribution in [0.1, 0.15) is 33.4 Å². The lowest BCUT2D eigenvalue weighted by molar-refractivity contribution is -0.112. The fraction of sp³-hybridized carbons (Fsp3) is 0.533. The van der Waals surface area contributed by atoms with Crippen molar-refractivity contribution in [2.45, 2.75) is 45.8 Å². The number of rotatable bonds is 5. The highest BCUT2D eigenvalue weighted by atomic mass is 79.9. The van der Waals surface area contributed by atoms with Crippen LogP contribution in [0, 0.1) is 0 Å². The van der Waals surface area contributed by atoms with Gasteiger partial charge in [0.05, 0.1) is 6.04 Å². The van der Waals surface area contributed by atoms with Crippen LogP contribution < -0.4 is 0 Å². The van der Waals surface area contributed by atoms with Crippen molar-refractivity contribution in [2.75, 3.05) is 6.54 Å². The van der Waals surface area contributed by atoms with Crippen LogP contribution in [-0.2, 0) is 16.0 Å². The minimum absolute atomic E-state index is 0.373. The molecule has 0 bridgehead atoms. The number of aldehydes is 1. The van der Waals surface area contributed by atoms with Gasteiger partial charge in [-0.05, 0) is 55.8 Å². The fourth-order valence-electron chi connectivity index (χ4n) is 1.68. The van der Waals surface area contributed by atoms with Crippen molar-refractivity contribution in [2.24, 2.45) is 0 Å². The summed E-state index contributed by atoms with van der Waals surface area (Å²) in [6, 6.07) is 5.06. The molecule has 0 radical (unpaired) electrons. The van der Waals surface area contributed by atoms with E-state index in [1.807, 2.05) is 18.2 Å². The molecule has 116 valence electrons. The van der Waals surface area contributed by atoms with E-state index in [9.17, 15) is 9.59 Å². The molecule has 1 atom stereocenters. The van der Waals surface area contributed by atoms with Crippen LogP contribution in [0.25, 0.3) is 0 Å². The van der Waals surface area contributed by atoms with Crippen molar-refractivity contribution in [1.82, 2.24) is 9.88 Å². The van der Waals surface area contributed by atoms with Gasteiger partial charge in [0.25, 0.3) is 0 Å². The van der Waals surface area contributed by atoms with E-state index in [0.29, 0.717) is 13.0 Å². The van der Waals surface area contributed by atoms with Crippen molar-refractivity contribution in [3.05, 3.63) is 28.5 Å². The molecule has 0 fully saturated rings. The van der Waals surface area contributed by atoms with Gasteiger partial charge in [-0.2, -0.15) is 0 Å². The Bertz CT molecular complexity index is 500. The largest absolute Gasteiger partial charge is 0.444 e. The lowest BCUT2D eigenvalue weighted by Gasteiger charge is -2.29. The first-order valence-electron chi connectivity index (χ1n) is 6.79. The standard InChI is InChI=1S/C15H21BrN2O3/c1-11(10-19)18(14(20)21-15(2,3)4)9-8-12-6-5-7-13(16)17-12/h5-7,10-11H,8-9H2,1-4H3. The Morgan fingerprint density at radius 2 is 2.14 bits per heavy atom. The second-order valence-electron chi connectivity index (χ2n) is 5.75. The summed E-state index contributed by atoms with van der Waals surface area (Å²) in [5.41, 5.74) is 0.252. The van der Waals surface area contributed by atoms with Crippen LogP contribution in [0.3, 0.4) is 0 Å². The average molecular weight is 357 g/mol. The third kappa shape index (κ3) is 6.25. The second kappa shape index (κ2) is 7.54. The fourth-order valence-corrected chi connectivity index (χ4v) is 2.06. The molecule has 0 saturated heterocycles. The van der Waals surface area contributed by atoms with E-state index in [0.717, 1.165) is 16.6 Å². The van der Waals surface area contributed by atoms with Crippen LogP contribution in [-0.4, -0.2) is 40.5 Å². The van der Waals surface area contributed by atoms with Crippen molar-refractivity contribution in [3.63, 3.8) is 0 Å². The summed E-state index contributed by atoms with van der Waals surface area (Å²) >= 11 is 3.31. The molecule has 1 aromatic rings. The van der Waals surface area contributed by atoms with Crippen LogP contribution in [0.15, 0.2) is 22.8 Å². The van der Waals surface area contributed by atoms with Gasteiger partial charge in [0.2, 0.25) is 0 Å². The molecule has 0 saturated carbocycles. The van der Waals surface area contributed by atoms with Crippen LogP contribution >= 0.6 is 15.9 Å². The third-order valence-corrected chi connectivity index (χ3v) is 3.14. The predicted molar refractivity (Wildman–Crippen MR) is 84.1 cm³/mol. The quantitative estimate of drug-likeness (QED) is 0.600. The molecule has 1 amide bonds. The highest BCUT2D eigenvalue weighted by Crippen LogP contribution is 2.13. The minimum atomic E-state index is -0.591. The lowest BCUT2D eigenvalue weighted by atomic mass is 10.2. The highest BCUT2D eigenvalue weighted by molar-refractivity contribution is 9.10. The number of amides is 1. The Kier molecular flexibility index (Phi) is 6.33. The second-order valence-corrected chi connectivity index (χ2v) is 6.56. The molecule has 0 aliphatic carbocycles. The zero-order chi connectivity index (χ0) is 16.0. The first-order chi connectivity index (χ1) is 9.73. The Labute approximate surface area is 133 Å². The summed E-state index contributed by atoms with van der Waals surface area (Å²) in [5.74, 6) is 0. The van der Waals surface area contributed by atoms with Gasteiger partial charge in [0.1, 0.15) is 16.5 Å². The molecular formula is C15H21BrN2O3. The van der Waals surface area contributed by atoms with Crippen LogP contribution in [0.2, 0.25) is 0 Å². The number of carbonyl (C=O) groups excluding carboxylic acids is 2. The number of hydrogen-bond acceptors (Lipinski definition) is 4. The third-order valence-electron chi connectivity index (χ3n) is 2.70. The van der Waals surface area contributed by atoms with Gasteiger partial charge in [-0.25, -0.2) is 9.78 Å². The summed E-state index contributed by atoms with van der Waals surface area (Å²) in [6.07, 6.45) is 0.798. The number of ether oxygens (including phenoxy) is 1. The van der Waals surface area contributed by atoms with E-state index in [2.05, 4.69) is 20.9 Å². The van der Waals surface area contributed by atoms with E-state index in [1.54, 1.807) is 27.7 Å².